The summed E-state index contributed by atoms with van der Waals surface area (Å²) in [5.41, 5.74) is 0. The lowest BCUT2D eigenvalue weighted by molar-refractivity contribution is 0.349. The molecule has 0 aliphatic heterocycles. The van der Waals surface area contributed by atoms with E-state index < -0.39 is 0 Å². The molecule has 1 aliphatic rings. The van der Waals surface area contributed by atoms with Crippen LogP contribution in [0.25, 0.3) is 0 Å². The third-order valence-corrected chi connectivity index (χ3v) is 4.86. The van der Waals surface area contributed by atoms with Gasteiger partial charge in [0.25, 0.3) is 0 Å². The van der Waals surface area contributed by atoms with Gasteiger partial charge in [0.05, 0.1) is 5.75 Å². The molecule has 1 aromatic heterocycles. The van der Waals surface area contributed by atoms with Gasteiger partial charge in [-0.1, -0.05) is 22.8 Å². The van der Waals surface area contributed by atoms with Gasteiger partial charge in [0.1, 0.15) is 0 Å². The van der Waals surface area contributed by atoms with E-state index in [0.717, 1.165) is 34.0 Å². The highest BCUT2D eigenvalue weighted by molar-refractivity contribution is 7.98. The van der Waals surface area contributed by atoms with Crippen molar-refractivity contribution in [1.29, 1.82) is 0 Å². The zero-order valence-electron chi connectivity index (χ0n) is 11.9. The first-order valence-corrected chi connectivity index (χ1v) is 8.48. The Kier molecular flexibility index (Phi) is 4.83. The lowest BCUT2D eigenvalue weighted by Gasteiger charge is -2.11. The number of thioether (sulfide) groups is 1. The van der Waals surface area contributed by atoms with E-state index in [1.54, 1.807) is 11.8 Å². The average molecular weight is 324 g/mol. The Morgan fingerprint density at radius 3 is 3.05 bits per heavy atom. The first-order chi connectivity index (χ1) is 10.2. The van der Waals surface area contributed by atoms with E-state index >= 15 is 0 Å². The summed E-state index contributed by atoms with van der Waals surface area (Å²) < 4.78 is 5.35. The van der Waals surface area contributed by atoms with Crippen LogP contribution in [-0.4, -0.2) is 23.2 Å². The van der Waals surface area contributed by atoms with Crippen molar-refractivity contribution in [3.8, 4) is 0 Å². The Morgan fingerprint density at radius 1 is 1.48 bits per heavy atom. The molecule has 1 saturated carbocycles. The maximum Gasteiger partial charge on any atom is 0.228 e. The summed E-state index contributed by atoms with van der Waals surface area (Å²) in [5, 5.41) is 8.14. The monoisotopic (exact) mass is 323 g/mol. The second-order valence-electron chi connectivity index (χ2n) is 5.29. The van der Waals surface area contributed by atoms with Gasteiger partial charge in [0.15, 0.2) is 5.82 Å². The molecule has 1 aromatic carbocycles. The maximum atomic E-state index is 5.97. The molecule has 0 amide bonds. The quantitative estimate of drug-likeness (QED) is 0.790. The van der Waals surface area contributed by atoms with Gasteiger partial charge in [-0.3, -0.25) is 0 Å². The van der Waals surface area contributed by atoms with E-state index in [1.165, 1.54) is 12.8 Å². The molecule has 1 heterocycles. The molecule has 0 saturated heterocycles. The van der Waals surface area contributed by atoms with Crippen LogP contribution in [0, 0.1) is 5.92 Å². The molecule has 2 aromatic rings. The Labute approximate surface area is 133 Å². The van der Waals surface area contributed by atoms with Crippen molar-refractivity contribution in [2.75, 3.05) is 7.05 Å². The highest BCUT2D eigenvalue weighted by Gasteiger charge is 2.31. The molecular weight excluding hydrogens is 306 g/mol. The third-order valence-electron chi connectivity index (χ3n) is 3.63. The normalized spacial score (nSPS) is 16.1. The van der Waals surface area contributed by atoms with Crippen molar-refractivity contribution in [2.45, 2.75) is 36.0 Å². The zero-order chi connectivity index (χ0) is 14.7. The van der Waals surface area contributed by atoms with Crippen LogP contribution < -0.4 is 5.32 Å². The van der Waals surface area contributed by atoms with E-state index in [4.69, 9.17) is 16.1 Å². The van der Waals surface area contributed by atoms with Crippen LogP contribution in [0.5, 0.6) is 0 Å². The lowest BCUT2D eigenvalue weighted by Crippen LogP contribution is -2.29. The smallest absolute Gasteiger partial charge is 0.228 e. The van der Waals surface area contributed by atoms with Gasteiger partial charge >= 0.3 is 0 Å². The van der Waals surface area contributed by atoms with E-state index in [2.05, 4.69) is 15.5 Å². The van der Waals surface area contributed by atoms with Crippen LogP contribution in [0.1, 0.15) is 24.6 Å². The number of nitrogens with one attached hydrogen (secondary N) is 1. The van der Waals surface area contributed by atoms with Crippen molar-refractivity contribution in [3.63, 3.8) is 0 Å². The Balaban J connectivity index is 1.55. The van der Waals surface area contributed by atoms with Crippen molar-refractivity contribution < 1.29 is 4.52 Å². The van der Waals surface area contributed by atoms with Crippen molar-refractivity contribution in [1.82, 2.24) is 15.5 Å². The van der Waals surface area contributed by atoms with Crippen LogP contribution in [0.3, 0.4) is 0 Å². The molecule has 3 rings (SSSR count). The summed E-state index contributed by atoms with van der Waals surface area (Å²) in [5.74, 6) is 2.92. The largest absolute Gasteiger partial charge is 0.339 e. The minimum Gasteiger partial charge on any atom is -0.339 e. The summed E-state index contributed by atoms with van der Waals surface area (Å²) in [6, 6.07) is 8.24. The Morgan fingerprint density at radius 2 is 2.33 bits per heavy atom. The van der Waals surface area contributed by atoms with Crippen LogP contribution in [0.15, 0.2) is 33.7 Å². The predicted octanol–water partition coefficient (Wildman–Crippen LogP) is 3.56. The number of likely N-dealkylation sites (N-methyl/N-ethyl adjacent to an activating group) is 1. The fraction of sp³-hybridized carbons (Fsp3) is 0.467. The number of hydrogen-bond acceptors (Lipinski definition) is 5. The van der Waals surface area contributed by atoms with Crippen LogP contribution in [-0.2, 0) is 12.2 Å². The summed E-state index contributed by atoms with van der Waals surface area (Å²) >= 11 is 7.63. The second kappa shape index (κ2) is 6.81. The van der Waals surface area contributed by atoms with Gasteiger partial charge in [0, 0.05) is 22.4 Å². The van der Waals surface area contributed by atoms with Gasteiger partial charge in [0.2, 0.25) is 5.89 Å². The molecule has 1 N–H and O–H groups in total. The van der Waals surface area contributed by atoms with Gasteiger partial charge in [-0.05, 0) is 44.0 Å². The number of hydrogen-bond donors (Lipinski definition) is 1. The summed E-state index contributed by atoms with van der Waals surface area (Å²) in [6.45, 7) is 0. The lowest BCUT2D eigenvalue weighted by atomic mass is 10.1. The van der Waals surface area contributed by atoms with Crippen molar-refractivity contribution in [3.05, 3.63) is 41.0 Å². The molecule has 0 spiro atoms. The standard InChI is InChI=1S/C15H18ClN3OS/c1-17-13(10-5-6-10)8-15-18-14(19-20-15)9-21-12-4-2-3-11(16)7-12/h2-4,7,10,13,17H,5-6,8-9H2,1H3. The Bertz CT molecular complexity index is 600. The number of nitrogens with zero attached hydrogens (tertiary/aromatic N) is 2. The highest BCUT2D eigenvalue weighted by Crippen LogP contribution is 2.33. The first-order valence-electron chi connectivity index (χ1n) is 7.11. The minimum absolute atomic E-state index is 0.457. The predicted molar refractivity (Wildman–Crippen MR) is 84.6 cm³/mol. The second-order valence-corrected chi connectivity index (χ2v) is 6.77. The number of benzene rings is 1. The first kappa shape index (κ1) is 14.9. The molecule has 1 fully saturated rings. The zero-order valence-corrected chi connectivity index (χ0v) is 13.5. The average Bonchev–Trinajstić information content (AvgIpc) is 3.23. The number of rotatable bonds is 7. The van der Waals surface area contributed by atoms with Gasteiger partial charge in [-0.15, -0.1) is 11.8 Å². The summed E-state index contributed by atoms with van der Waals surface area (Å²) in [7, 11) is 2.00. The number of halogens is 1. The van der Waals surface area contributed by atoms with Crippen LogP contribution in [0.4, 0.5) is 0 Å². The Hall–Kier alpha value is -1.04. The van der Waals surface area contributed by atoms with E-state index in [1.807, 2.05) is 31.3 Å². The SMILES string of the molecule is CNC(Cc1nc(CSc2cccc(Cl)c2)no1)C1CC1. The number of aromatic nitrogens is 2. The molecule has 1 unspecified atom stereocenters. The van der Waals surface area contributed by atoms with Crippen LogP contribution in [0.2, 0.25) is 5.02 Å². The molecule has 1 atom stereocenters. The summed E-state index contributed by atoms with van der Waals surface area (Å²) in [4.78, 5) is 5.59. The third kappa shape index (κ3) is 4.22. The molecular formula is C15H18ClN3OS. The van der Waals surface area contributed by atoms with E-state index in [-0.39, 0.29) is 0 Å². The molecule has 21 heavy (non-hydrogen) atoms. The fourth-order valence-electron chi connectivity index (χ4n) is 2.33. The maximum absolute atomic E-state index is 5.97. The van der Waals surface area contributed by atoms with Gasteiger partial charge in [-0.2, -0.15) is 4.98 Å². The molecule has 0 radical (unpaired) electrons. The summed E-state index contributed by atoms with van der Waals surface area (Å²) in [6.07, 6.45) is 3.42. The van der Waals surface area contributed by atoms with Gasteiger partial charge < -0.3 is 9.84 Å². The molecule has 6 heteroatoms. The molecule has 4 nitrogen and oxygen atoms in total. The fourth-order valence-corrected chi connectivity index (χ4v) is 3.38. The van der Waals surface area contributed by atoms with Crippen molar-refractivity contribution >= 4 is 23.4 Å². The topological polar surface area (TPSA) is 51.0 Å². The highest BCUT2D eigenvalue weighted by atomic mass is 35.5. The molecule has 112 valence electrons. The van der Waals surface area contributed by atoms with Crippen LogP contribution >= 0.6 is 23.4 Å². The van der Waals surface area contributed by atoms with E-state index in [0.29, 0.717) is 11.8 Å². The van der Waals surface area contributed by atoms with E-state index in [9.17, 15) is 0 Å². The van der Waals surface area contributed by atoms with Crippen molar-refractivity contribution in [2.24, 2.45) is 5.92 Å². The molecule has 1 aliphatic carbocycles. The molecule has 0 bridgehead atoms. The minimum atomic E-state index is 0.457. The van der Waals surface area contributed by atoms with Gasteiger partial charge in [-0.25, -0.2) is 0 Å².